The van der Waals surface area contributed by atoms with Crippen LogP contribution in [0.2, 0.25) is 0 Å². The number of fused-ring (bicyclic) bond motifs is 11. The van der Waals surface area contributed by atoms with Gasteiger partial charge in [-0.25, -0.2) is 0 Å². The number of hydrogen-bond donors (Lipinski definition) is 1. The van der Waals surface area contributed by atoms with Crippen LogP contribution in [0.1, 0.15) is 67.4 Å². The molecule has 1 aromatic rings. The Labute approximate surface area is 119 Å². The lowest BCUT2D eigenvalue weighted by atomic mass is 10.0. The van der Waals surface area contributed by atoms with Gasteiger partial charge in [-0.1, -0.05) is 32.1 Å². The first-order valence-corrected chi connectivity index (χ1v) is 7.56. The topological polar surface area (TPSA) is 59.3 Å². The summed E-state index contributed by atoms with van der Waals surface area (Å²) in [6.45, 7) is 0. The Morgan fingerprint density at radius 3 is 2.15 bits per heavy atom. The Morgan fingerprint density at radius 2 is 1.50 bits per heavy atom. The average molecular weight is 277 g/mol. The van der Waals surface area contributed by atoms with Crippen molar-refractivity contribution in [3.05, 3.63) is 27.7 Å². The maximum absolute atomic E-state index is 12.2. The minimum absolute atomic E-state index is 0.0340. The highest BCUT2D eigenvalue weighted by Gasteiger charge is 2.19. The molecule has 2 aliphatic rings. The second kappa shape index (κ2) is 6.73. The number of aromatic hydroxyl groups is 1. The predicted octanol–water partition coefficient (Wildman–Crippen LogP) is 2.95. The first-order valence-electron chi connectivity index (χ1n) is 7.56. The monoisotopic (exact) mass is 277 g/mol. The Kier molecular flexibility index (Phi) is 4.99. The minimum atomic E-state index is -0.359. The van der Waals surface area contributed by atoms with E-state index >= 15 is 0 Å². The summed E-state index contributed by atoms with van der Waals surface area (Å²) in [6.07, 6.45) is 8.66. The molecule has 0 amide bonds. The number of nitrogens with zero attached hydrogens (tertiary/aromatic N) is 1. The van der Waals surface area contributed by atoms with Gasteiger partial charge in [0.25, 0.3) is 5.56 Å². The summed E-state index contributed by atoms with van der Waals surface area (Å²) >= 11 is 0. The van der Waals surface area contributed by atoms with Crippen molar-refractivity contribution in [1.82, 2.24) is 4.57 Å². The van der Waals surface area contributed by atoms with E-state index in [-0.39, 0.29) is 22.7 Å². The number of carbonyl (C=O) groups is 1. The molecule has 20 heavy (non-hydrogen) atoms. The zero-order valence-corrected chi connectivity index (χ0v) is 12.2. The molecule has 0 fully saturated rings. The van der Waals surface area contributed by atoms with Crippen molar-refractivity contribution in [3.63, 3.8) is 0 Å². The average Bonchev–Trinajstić information content (AvgIpc) is 2.41. The molecular weight excluding hydrogens is 254 g/mol. The summed E-state index contributed by atoms with van der Waals surface area (Å²) in [5.74, 6) is -0.378. The van der Waals surface area contributed by atoms with Crippen LogP contribution in [0.5, 0.6) is 5.75 Å². The van der Waals surface area contributed by atoms with Gasteiger partial charge in [-0.2, -0.15) is 0 Å². The quantitative estimate of drug-likeness (QED) is 0.793. The summed E-state index contributed by atoms with van der Waals surface area (Å²) in [5.41, 5.74) is 0.413. The first kappa shape index (κ1) is 14.8. The normalized spacial score (nSPS) is 17.9. The lowest BCUT2D eigenvalue weighted by Crippen LogP contribution is -2.27. The molecule has 110 valence electrons. The molecule has 1 aromatic heterocycles. The van der Waals surface area contributed by atoms with Crippen LogP contribution in [-0.2, 0) is 13.5 Å². The van der Waals surface area contributed by atoms with E-state index in [4.69, 9.17) is 0 Å². The third-order valence-electron chi connectivity index (χ3n) is 4.12. The van der Waals surface area contributed by atoms with Gasteiger partial charge in [0, 0.05) is 25.2 Å². The Bertz CT molecular complexity index is 545. The molecule has 1 N–H and O–H groups in total. The van der Waals surface area contributed by atoms with Crippen LogP contribution in [-0.4, -0.2) is 15.5 Å². The second-order valence-electron chi connectivity index (χ2n) is 5.66. The molecule has 0 saturated carbocycles. The third kappa shape index (κ3) is 3.30. The molecule has 0 unspecified atom stereocenters. The fraction of sp³-hybridized carbons (Fsp3) is 0.625. The van der Waals surface area contributed by atoms with Crippen LogP contribution in [0.25, 0.3) is 0 Å². The van der Waals surface area contributed by atoms with Crippen LogP contribution in [0.15, 0.2) is 10.9 Å². The van der Waals surface area contributed by atoms with Crippen molar-refractivity contribution in [3.8, 4) is 5.75 Å². The van der Waals surface area contributed by atoms with Crippen LogP contribution in [0, 0.1) is 0 Å². The number of Topliss-reactive ketones (excluding diaryl/α,β-unsaturated/α-hetero) is 1. The number of carbonyl (C=O) groups excluding carboxylic acids is 1. The van der Waals surface area contributed by atoms with Crippen molar-refractivity contribution in [2.45, 2.75) is 57.8 Å². The molecule has 1 aliphatic heterocycles. The van der Waals surface area contributed by atoms with E-state index in [1.54, 1.807) is 13.1 Å². The smallest absolute Gasteiger partial charge is 0.265 e. The lowest BCUT2D eigenvalue weighted by Gasteiger charge is -2.13. The minimum Gasteiger partial charge on any atom is -0.507 e. The molecule has 0 saturated heterocycles. The SMILES string of the molecule is Cn1c2cc(O)c(c1=O)C(=O)CCCCCCCCC2. The van der Waals surface area contributed by atoms with E-state index in [1.807, 2.05) is 0 Å². The molecule has 1 aliphatic carbocycles. The zero-order chi connectivity index (χ0) is 14.5. The van der Waals surface area contributed by atoms with E-state index in [0.717, 1.165) is 44.2 Å². The largest absolute Gasteiger partial charge is 0.507 e. The third-order valence-corrected chi connectivity index (χ3v) is 4.12. The molecular formula is C16H23NO3. The van der Waals surface area contributed by atoms with Gasteiger partial charge in [-0.15, -0.1) is 0 Å². The van der Waals surface area contributed by atoms with Gasteiger partial charge in [0.2, 0.25) is 0 Å². The molecule has 0 spiro atoms. The number of aromatic nitrogens is 1. The summed E-state index contributed by atoms with van der Waals surface area (Å²) in [7, 11) is 1.68. The van der Waals surface area contributed by atoms with Crippen LogP contribution >= 0.6 is 0 Å². The van der Waals surface area contributed by atoms with Crippen molar-refractivity contribution in [1.29, 1.82) is 0 Å². The van der Waals surface area contributed by atoms with Gasteiger partial charge in [-0.05, 0) is 19.3 Å². The molecule has 4 nitrogen and oxygen atoms in total. The van der Waals surface area contributed by atoms with Crippen LogP contribution in [0.4, 0.5) is 0 Å². The summed E-state index contributed by atoms with van der Waals surface area (Å²) in [5, 5.41) is 10.0. The summed E-state index contributed by atoms with van der Waals surface area (Å²) in [4.78, 5) is 24.4. The van der Waals surface area contributed by atoms with Crippen molar-refractivity contribution < 1.29 is 9.90 Å². The number of ketones is 1. The Balaban J connectivity index is 2.36. The van der Waals surface area contributed by atoms with E-state index < -0.39 is 0 Å². The molecule has 0 aromatic carbocycles. The molecule has 0 atom stereocenters. The van der Waals surface area contributed by atoms with Gasteiger partial charge in [-0.3, -0.25) is 9.59 Å². The number of hydrogen-bond acceptors (Lipinski definition) is 3. The molecule has 0 radical (unpaired) electrons. The van der Waals surface area contributed by atoms with Gasteiger partial charge < -0.3 is 9.67 Å². The van der Waals surface area contributed by atoms with Crippen LogP contribution < -0.4 is 5.56 Å². The Morgan fingerprint density at radius 1 is 0.950 bits per heavy atom. The second-order valence-corrected chi connectivity index (χ2v) is 5.66. The highest BCUT2D eigenvalue weighted by atomic mass is 16.3. The standard InChI is InChI=1S/C16H23NO3/c1-17-12-9-7-5-3-2-4-6-8-10-13(18)15(16(17)20)14(19)11-12/h11,19H,2-10H2,1H3. The lowest BCUT2D eigenvalue weighted by molar-refractivity contribution is 0.0974. The van der Waals surface area contributed by atoms with Crippen molar-refractivity contribution in [2.24, 2.45) is 7.05 Å². The van der Waals surface area contributed by atoms with Crippen molar-refractivity contribution in [2.75, 3.05) is 0 Å². The van der Waals surface area contributed by atoms with E-state index in [1.165, 1.54) is 17.4 Å². The fourth-order valence-electron chi connectivity index (χ4n) is 2.84. The first-order chi connectivity index (χ1) is 9.61. The molecule has 2 bridgehead atoms. The molecule has 4 heteroatoms. The summed E-state index contributed by atoms with van der Waals surface area (Å²) < 4.78 is 1.51. The Hall–Kier alpha value is -1.58. The number of rotatable bonds is 0. The highest BCUT2D eigenvalue weighted by molar-refractivity contribution is 5.98. The highest BCUT2D eigenvalue weighted by Crippen LogP contribution is 2.20. The molecule has 2 heterocycles. The maximum Gasteiger partial charge on any atom is 0.265 e. The van der Waals surface area contributed by atoms with Gasteiger partial charge in [0.05, 0.1) is 0 Å². The van der Waals surface area contributed by atoms with E-state index in [2.05, 4.69) is 0 Å². The maximum atomic E-state index is 12.2. The van der Waals surface area contributed by atoms with Gasteiger partial charge >= 0.3 is 0 Å². The molecule has 3 rings (SSSR count). The summed E-state index contributed by atoms with van der Waals surface area (Å²) in [6, 6.07) is 1.58. The van der Waals surface area contributed by atoms with Crippen LogP contribution in [0.3, 0.4) is 0 Å². The van der Waals surface area contributed by atoms with E-state index in [0.29, 0.717) is 6.42 Å². The zero-order valence-electron chi connectivity index (χ0n) is 12.2. The number of pyridine rings is 1. The van der Waals surface area contributed by atoms with Crippen molar-refractivity contribution >= 4 is 5.78 Å². The van der Waals surface area contributed by atoms with Gasteiger partial charge in [0.15, 0.2) is 5.78 Å². The fourth-order valence-corrected chi connectivity index (χ4v) is 2.84. The number of aryl methyl sites for hydroxylation is 1. The van der Waals surface area contributed by atoms with Gasteiger partial charge in [0.1, 0.15) is 11.3 Å². The van der Waals surface area contributed by atoms with E-state index in [9.17, 15) is 14.7 Å². The predicted molar refractivity (Wildman–Crippen MR) is 78.3 cm³/mol.